The molecular formula is C37H42F3N3O7. The molecule has 0 spiro atoms. The summed E-state index contributed by atoms with van der Waals surface area (Å²) in [6.07, 6.45) is -3.84. The summed E-state index contributed by atoms with van der Waals surface area (Å²) in [5, 5.41) is 23.0. The first kappa shape index (κ1) is 35.9. The van der Waals surface area contributed by atoms with Gasteiger partial charge in [0.2, 0.25) is 5.91 Å². The number of hydrogen-bond acceptors (Lipinski definition) is 9. The average molecular weight is 698 g/mol. The molecule has 3 saturated carbocycles. The van der Waals surface area contributed by atoms with Crippen LogP contribution in [0.3, 0.4) is 0 Å². The molecule has 2 aromatic rings. The number of fused-ring (bicyclic) bond motifs is 3. The fourth-order valence-electron chi connectivity index (χ4n) is 8.85. The summed E-state index contributed by atoms with van der Waals surface area (Å²) < 4.78 is 45.6. The number of aliphatic hydroxyl groups is 1. The van der Waals surface area contributed by atoms with Gasteiger partial charge in [-0.25, -0.2) is 0 Å². The summed E-state index contributed by atoms with van der Waals surface area (Å²) in [5.74, 6) is -13.1. The summed E-state index contributed by atoms with van der Waals surface area (Å²) in [4.78, 5) is 70.4. The highest BCUT2D eigenvalue weighted by Crippen LogP contribution is 2.53. The minimum absolute atomic E-state index is 0.160. The maximum Gasteiger partial charge on any atom is 0.417 e. The van der Waals surface area contributed by atoms with Crippen LogP contribution < -0.4 is 5.73 Å². The van der Waals surface area contributed by atoms with Gasteiger partial charge in [-0.3, -0.25) is 33.8 Å². The number of benzene rings is 2. The van der Waals surface area contributed by atoms with E-state index in [1.54, 1.807) is 0 Å². The molecule has 4 N–H and O–H groups in total. The Morgan fingerprint density at radius 3 is 2.24 bits per heavy atom. The fourth-order valence-corrected chi connectivity index (χ4v) is 8.85. The molecule has 2 aromatic carbocycles. The van der Waals surface area contributed by atoms with Crippen LogP contribution in [0.15, 0.2) is 36.4 Å². The van der Waals surface area contributed by atoms with Crippen molar-refractivity contribution < 1.29 is 47.4 Å². The smallest absolute Gasteiger partial charge is 0.417 e. The Hall–Kier alpha value is -3.94. The van der Waals surface area contributed by atoms with Gasteiger partial charge in [0.25, 0.3) is 0 Å². The third-order valence-corrected chi connectivity index (χ3v) is 11.2. The van der Waals surface area contributed by atoms with E-state index in [0.717, 1.165) is 24.5 Å². The average Bonchev–Trinajstić information content (AvgIpc) is 3.82. The molecule has 2 unspecified atom stereocenters. The number of hydrogen-bond donors (Lipinski definition) is 3. The normalized spacial score (nSPS) is 28.5. The van der Waals surface area contributed by atoms with E-state index >= 15 is 13.2 Å². The molecular weight excluding hydrogens is 655 g/mol. The van der Waals surface area contributed by atoms with E-state index in [9.17, 15) is 34.2 Å². The van der Waals surface area contributed by atoms with Crippen molar-refractivity contribution in [2.75, 3.05) is 27.2 Å². The number of nitrogens with two attached hydrogens (primary N) is 1. The van der Waals surface area contributed by atoms with Gasteiger partial charge in [0.05, 0.1) is 23.1 Å². The predicted octanol–water partition coefficient (Wildman–Crippen LogP) is 3.08. The SMILES string of the molecule is CN(C)[C@@H]1C(=O)C(C(N)=O)C(=O)[C@@]2(O)C(=O)C3C(=O)c4c(O)cc(CN(CC5CC5)CC(C)(C)c5ccccc5)c(C(F)(F)F)c4C[C@H]3C[C@@H]12. The summed E-state index contributed by atoms with van der Waals surface area (Å²) >= 11 is 0. The number of likely N-dealkylation sites (N-methyl/N-ethyl adjacent to an activating group) is 1. The van der Waals surface area contributed by atoms with Crippen LogP contribution in [0.25, 0.3) is 0 Å². The second-order valence-corrected chi connectivity index (χ2v) is 15.4. The highest BCUT2D eigenvalue weighted by atomic mass is 19.4. The van der Waals surface area contributed by atoms with Crippen LogP contribution in [-0.4, -0.2) is 87.9 Å². The number of halogens is 3. The van der Waals surface area contributed by atoms with Gasteiger partial charge in [-0.15, -0.1) is 0 Å². The second kappa shape index (κ2) is 12.4. The maximum absolute atomic E-state index is 15.2. The van der Waals surface area contributed by atoms with Crippen molar-refractivity contribution in [2.45, 2.75) is 69.3 Å². The van der Waals surface area contributed by atoms with Crippen molar-refractivity contribution in [3.63, 3.8) is 0 Å². The van der Waals surface area contributed by atoms with Crippen LogP contribution in [0.1, 0.15) is 65.7 Å². The Bertz CT molecular complexity index is 1770. The van der Waals surface area contributed by atoms with Gasteiger partial charge < -0.3 is 15.9 Å². The molecule has 0 radical (unpaired) electrons. The van der Waals surface area contributed by atoms with Gasteiger partial charge in [-0.1, -0.05) is 44.2 Å². The van der Waals surface area contributed by atoms with Gasteiger partial charge in [0.1, 0.15) is 5.75 Å². The Kier molecular flexibility index (Phi) is 8.88. The van der Waals surface area contributed by atoms with E-state index in [0.29, 0.717) is 19.0 Å². The standard InChI is InChI=1S/C37H42F3N3O7/c1-35(2,21-8-6-5-7-9-21)17-43(15-18-10-11-18)16-20-14-24(44)26-22(28(20)37(38,39)40)12-19-13-23-29(42(3)4)31(46)27(34(41)49)33(48)36(23,50)32(47)25(19)30(26)45/h5-9,14,18-19,23,25,27,29,44,50H,10-13,15-17H2,1-4H3,(H2,41,49)/t19-,23-,25?,27?,29-,36-/m0/s1. The molecule has 0 aliphatic heterocycles. The van der Waals surface area contributed by atoms with Crippen molar-refractivity contribution in [1.82, 2.24) is 9.80 Å². The Morgan fingerprint density at radius 2 is 1.68 bits per heavy atom. The number of amides is 1. The summed E-state index contributed by atoms with van der Waals surface area (Å²) in [5.41, 5.74) is 0.577. The number of aromatic hydroxyl groups is 1. The molecule has 50 heavy (non-hydrogen) atoms. The molecule has 1 amide bonds. The number of rotatable bonds is 9. The lowest BCUT2D eigenvalue weighted by atomic mass is 9.52. The van der Waals surface area contributed by atoms with Crippen LogP contribution in [0.5, 0.6) is 5.75 Å². The second-order valence-electron chi connectivity index (χ2n) is 15.4. The zero-order valence-corrected chi connectivity index (χ0v) is 28.4. The van der Waals surface area contributed by atoms with Crippen molar-refractivity contribution in [1.29, 1.82) is 0 Å². The number of ketones is 4. The first-order valence-corrected chi connectivity index (χ1v) is 16.9. The minimum atomic E-state index is -4.95. The van der Waals surface area contributed by atoms with Gasteiger partial charge >= 0.3 is 6.18 Å². The third-order valence-electron chi connectivity index (χ3n) is 11.2. The fraction of sp³-hybridized carbons (Fsp3) is 0.541. The Morgan fingerprint density at radius 1 is 1.04 bits per heavy atom. The zero-order valence-electron chi connectivity index (χ0n) is 28.4. The maximum atomic E-state index is 15.2. The number of phenolic OH excluding ortho intramolecular Hbond substituents is 1. The highest BCUT2D eigenvalue weighted by Gasteiger charge is 2.69. The van der Waals surface area contributed by atoms with Crippen molar-refractivity contribution in [3.8, 4) is 5.75 Å². The summed E-state index contributed by atoms with van der Waals surface area (Å²) in [7, 11) is 2.88. The molecule has 268 valence electrons. The number of primary amides is 1. The number of carbonyl (C=O) groups excluding carboxylic acids is 5. The number of alkyl halides is 3. The zero-order chi connectivity index (χ0) is 36.7. The quantitative estimate of drug-likeness (QED) is 0.335. The molecule has 0 saturated heterocycles. The molecule has 0 bridgehead atoms. The topological polar surface area (TPSA) is 158 Å². The largest absolute Gasteiger partial charge is 0.507 e. The van der Waals surface area contributed by atoms with E-state index in [4.69, 9.17) is 5.73 Å². The predicted molar refractivity (Wildman–Crippen MR) is 174 cm³/mol. The van der Waals surface area contributed by atoms with Gasteiger partial charge in [-0.05, 0) is 74.4 Å². The number of carbonyl (C=O) groups is 5. The van der Waals surface area contributed by atoms with Gasteiger partial charge in [0.15, 0.2) is 34.7 Å². The van der Waals surface area contributed by atoms with Crippen LogP contribution >= 0.6 is 0 Å². The molecule has 13 heteroatoms. The molecule has 4 aliphatic rings. The van der Waals surface area contributed by atoms with E-state index in [1.807, 2.05) is 49.1 Å². The first-order valence-electron chi connectivity index (χ1n) is 16.9. The van der Waals surface area contributed by atoms with E-state index in [2.05, 4.69) is 0 Å². The first-order chi connectivity index (χ1) is 23.3. The van der Waals surface area contributed by atoms with E-state index in [1.165, 1.54) is 19.0 Å². The van der Waals surface area contributed by atoms with Crippen LogP contribution in [0.4, 0.5) is 13.2 Å². The molecule has 10 nitrogen and oxygen atoms in total. The van der Waals surface area contributed by atoms with E-state index < -0.39 is 105 Å². The number of Topliss-reactive ketones (excluding diaryl/α,β-unsaturated/α-hetero) is 4. The van der Waals surface area contributed by atoms with Gasteiger partial charge in [0, 0.05) is 31.0 Å². The minimum Gasteiger partial charge on any atom is -0.507 e. The molecule has 0 heterocycles. The van der Waals surface area contributed by atoms with Gasteiger partial charge in [-0.2, -0.15) is 13.2 Å². The monoisotopic (exact) mass is 697 g/mol. The van der Waals surface area contributed by atoms with Crippen LogP contribution in [0, 0.1) is 29.6 Å². The number of nitrogens with zero attached hydrogens (tertiary/aromatic N) is 2. The lowest BCUT2D eigenvalue weighted by Gasteiger charge is -2.52. The Labute approximate surface area is 287 Å². The number of phenols is 1. The summed E-state index contributed by atoms with van der Waals surface area (Å²) in [6.45, 7) is 4.84. The Balaban J connectivity index is 1.42. The van der Waals surface area contributed by atoms with Crippen LogP contribution in [0.2, 0.25) is 0 Å². The third kappa shape index (κ3) is 5.86. The van der Waals surface area contributed by atoms with Crippen molar-refractivity contribution in [2.24, 2.45) is 35.3 Å². The lowest BCUT2D eigenvalue weighted by Crippen LogP contribution is -2.74. The van der Waals surface area contributed by atoms with Crippen LogP contribution in [-0.2, 0) is 43.7 Å². The molecule has 4 aliphatic carbocycles. The van der Waals surface area contributed by atoms with E-state index in [-0.39, 0.29) is 18.5 Å². The molecule has 6 atom stereocenters. The van der Waals surface area contributed by atoms with Crippen molar-refractivity contribution >= 4 is 29.0 Å². The summed E-state index contributed by atoms with van der Waals surface area (Å²) in [6, 6.07) is 9.22. The molecule has 0 aromatic heterocycles. The lowest BCUT2D eigenvalue weighted by molar-refractivity contribution is -0.181. The van der Waals surface area contributed by atoms with Crippen molar-refractivity contribution in [3.05, 3.63) is 64.2 Å². The molecule has 3 fully saturated rings. The highest BCUT2D eigenvalue weighted by molar-refractivity contribution is 6.32. The molecule has 6 rings (SSSR count).